The van der Waals surface area contributed by atoms with Crippen LogP contribution < -0.4 is 31.3 Å². The molecule has 280 valence electrons. The number of carboxylic acid groups (broad SMARTS) is 2. The Labute approximate surface area is 289 Å². The summed E-state index contributed by atoms with van der Waals surface area (Å²) in [7, 11) is -3.12. The average molecular weight is 769 g/mol. The molecule has 1 aromatic carbocycles. The Bertz CT molecular complexity index is 1930. The summed E-state index contributed by atoms with van der Waals surface area (Å²) in [5.74, 6) is -6.10. The fourth-order valence-corrected chi connectivity index (χ4v) is 5.38. The van der Waals surface area contributed by atoms with Crippen molar-refractivity contribution in [2.45, 2.75) is 50.7 Å². The van der Waals surface area contributed by atoms with Crippen LogP contribution in [-0.4, -0.2) is 99.3 Å². The third kappa shape index (κ3) is 10.2. The number of benzene rings is 1. The van der Waals surface area contributed by atoms with Crippen LogP contribution in [0.1, 0.15) is 26.0 Å². The summed E-state index contributed by atoms with van der Waals surface area (Å²) in [5, 5.41) is 27.3. The molecule has 1 aliphatic rings. The first kappa shape index (κ1) is 40.3. The van der Waals surface area contributed by atoms with E-state index in [-0.39, 0.29) is 10.8 Å². The summed E-state index contributed by atoms with van der Waals surface area (Å²) in [5.41, 5.74) is 10.2. The SMILES string of the molecule is C[n+]1cc2cc(OC[C@@H](O/N=C(\C(=O)N[C@@H]3C(=O)N(OS(=O)(=O)O)C3(C)C)c3csc(N)n3)C(=O)O)ccc2n1CCCN.O=C([O-])C(F)(F)F. The number of nitrogen functional groups attached to an aromatic ring is 1. The van der Waals surface area contributed by atoms with Crippen molar-refractivity contribution >= 4 is 67.2 Å². The highest BCUT2D eigenvalue weighted by Gasteiger charge is 2.58. The third-order valence-electron chi connectivity index (χ3n) is 6.84. The number of nitrogens with two attached hydrogens (primary N) is 2. The number of hydrogen-bond acceptors (Lipinski definition) is 15. The zero-order valence-corrected chi connectivity index (χ0v) is 28.3. The number of aromatic nitrogens is 3. The molecule has 51 heavy (non-hydrogen) atoms. The molecule has 1 aliphatic heterocycles. The maximum Gasteiger partial charge on any atom is 0.430 e. The molecule has 25 heteroatoms. The highest BCUT2D eigenvalue weighted by Crippen LogP contribution is 2.33. The first-order chi connectivity index (χ1) is 23.6. The van der Waals surface area contributed by atoms with Crippen molar-refractivity contribution in [1.29, 1.82) is 0 Å². The number of fused-ring (bicyclic) bond motifs is 1. The van der Waals surface area contributed by atoms with Gasteiger partial charge >= 0.3 is 22.5 Å². The number of carbonyl (C=O) groups excluding carboxylic acids is 3. The van der Waals surface area contributed by atoms with Crippen molar-refractivity contribution in [2.24, 2.45) is 17.9 Å². The van der Waals surface area contributed by atoms with E-state index in [0.29, 0.717) is 23.9 Å². The molecular weight excluding hydrogens is 737 g/mol. The maximum atomic E-state index is 13.2. The number of alkyl halides is 3. The molecule has 0 bridgehead atoms. The maximum absolute atomic E-state index is 13.2. The predicted octanol–water partition coefficient (Wildman–Crippen LogP) is -1.76. The Kier molecular flexibility index (Phi) is 12.5. The second kappa shape index (κ2) is 15.8. The van der Waals surface area contributed by atoms with Gasteiger partial charge in [0.05, 0.1) is 17.5 Å². The molecular formula is C26H31F3N8O12S2. The largest absolute Gasteiger partial charge is 0.542 e. The smallest absolute Gasteiger partial charge is 0.430 e. The van der Waals surface area contributed by atoms with Crippen molar-refractivity contribution in [3.8, 4) is 5.75 Å². The normalized spacial score (nSPS) is 16.5. The van der Waals surface area contributed by atoms with E-state index in [9.17, 15) is 41.1 Å². The van der Waals surface area contributed by atoms with Gasteiger partial charge in [-0.15, -0.1) is 20.3 Å². The van der Waals surface area contributed by atoms with E-state index in [0.717, 1.165) is 28.7 Å². The minimum Gasteiger partial charge on any atom is -0.542 e. The van der Waals surface area contributed by atoms with Crippen molar-refractivity contribution in [1.82, 2.24) is 20.0 Å². The van der Waals surface area contributed by atoms with Crippen LogP contribution in [0.2, 0.25) is 0 Å². The predicted molar refractivity (Wildman–Crippen MR) is 164 cm³/mol. The average Bonchev–Trinajstić information content (AvgIpc) is 3.59. The van der Waals surface area contributed by atoms with Crippen LogP contribution in [0.15, 0.2) is 34.9 Å². The van der Waals surface area contributed by atoms with Gasteiger partial charge < -0.3 is 41.4 Å². The summed E-state index contributed by atoms with van der Waals surface area (Å²) < 4.78 is 76.5. The van der Waals surface area contributed by atoms with Crippen LogP contribution in [0.3, 0.4) is 0 Å². The number of nitrogens with zero attached hydrogens (tertiary/aromatic N) is 5. The van der Waals surface area contributed by atoms with Gasteiger partial charge in [-0.05, 0) is 45.0 Å². The van der Waals surface area contributed by atoms with E-state index in [1.807, 2.05) is 28.7 Å². The van der Waals surface area contributed by atoms with Crippen molar-refractivity contribution in [2.75, 3.05) is 18.9 Å². The number of β-lactam (4-membered cyclic amide) rings is 1. The number of aryl methyl sites for hydroxylation is 2. The number of rotatable bonds is 14. The molecule has 4 rings (SSSR count). The lowest BCUT2D eigenvalue weighted by molar-refractivity contribution is -0.751. The van der Waals surface area contributed by atoms with Crippen LogP contribution in [0.5, 0.6) is 5.75 Å². The number of nitrogens with one attached hydrogen (secondary N) is 1. The zero-order chi connectivity index (χ0) is 38.5. The number of carbonyl (C=O) groups is 4. The Hall–Kier alpha value is -5.11. The first-order valence-corrected chi connectivity index (χ1v) is 16.4. The molecule has 7 N–H and O–H groups in total. The molecule has 0 aliphatic carbocycles. The monoisotopic (exact) mass is 768 g/mol. The van der Waals surface area contributed by atoms with Crippen LogP contribution in [-0.2, 0) is 52.3 Å². The lowest BCUT2D eigenvalue weighted by atomic mass is 9.84. The Morgan fingerprint density at radius 1 is 1.29 bits per heavy atom. The molecule has 2 atom stereocenters. The molecule has 0 saturated carbocycles. The fraction of sp³-hybridized carbons (Fsp3) is 0.423. The number of hydrogen-bond donors (Lipinski definition) is 5. The van der Waals surface area contributed by atoms with E-state index in [1.165, 1.54) is 19.2 Å². The molecule has 20 nitrogen and oxygen atoms in total. The van der Waals surface area contributed by atoms with Crippen molar-refractivity contribution < 1.29 is 74.1 Å². The highest BCUT2D eigenvalue weighted by molar-refractivity contribution is 7.80. The third-order valence-corrected chi connectivity index (χ3v) is 7.85. The first-order valence-electron chi connectivity index (χ1n) is 14.2. The van der Waals surface area contributed by atoms with E-state index in [1.54, 1.807) is 12.1 Å². The van der Waals surface area contributed by atoms with E-state index >= 15 is 0 Å². The van der Waals surface area contributed by atoms with Gasteiger partial charge in [0.15, 0.2) is 17.9 Å². The molecule has 0 radical (unpaired) electrons. The topological polar surface area (TPSA) is 295 Å². The van der Waals surface area contributed by atoms with Crippen molar-refractivity contribution in [3.63, 3.8) is 0 Å². The Morgan fingerprint density at radius 3 is 2.45 bits per heavy atom. The number of carboxylic acids is 2. The molecule has 2 amide bonds. The van der Waals surface area contributed by atoms with Crippen LogP contribution in [0.25, 0.3) is 10.9 Å². The molecule has 2 aromatic heterocycles. The van der Waals surface area contributed by atoms with Crippen LogP contribution in [0, 0.1) is 0 Å². The van der Waals surface area contributed by atoms with Crippen LogP contribution in [0.4, 0.5) is 18.3 Å². The van der Waals surface area contributed by atoms with Gasteiger partial charge in [0.25, 0.3) is 17.9 Å². The zero-order valence-electron chi connectivity index (χ0n) is 26.7. The standard InChI is InChI=1S/C24H30N8O10S2.C2HF3O2/c1-24(2)19(21(34)32(24)42-44(37,38)39)28-20(33)18(15-12-43-23(26)27-15)29-41-17(22(35)36)11-40-14-5-6-16-13(9-14)10-30(3)31(16)8-4-7-25;3-2(4,5)1(6)7/h5-6,9-10,12,17,19H,4,7-8,11,25H2,1-3H3,(H4-,26,27,28,33,35,36,37,38,39);(H,6,7)/b29-18-;/t17-,19-;/m1./s1. The molecule has 0 spiro atoms. The molecule has 1 fully saturated rings. The minimum atomic E-state index is -5.19. The number of oxime groups is 1. The highest BCUT2D eigenvalue weighted by atomic mass is 32.3. The molecule has 3 heterocycles. The van der Waals surface area contributed by atoms with Gasteiger partial charge in [-0.25, -0.2) is 9.78 Å². The van der Waals surface area contributed by atoms with Gasteiger partial charge in [-0.1, -0.05) is 5.16 Å². The minimum absolute atomic E-state index is 0.0621. The summed E-state index contributed by atoms with van der Waals surface area (Å²) >= 11 is 0.962. The van der Waals surface area contributed by atoms with E-state index in [4.69, 9.17) is 35.5 Å². The number of anilines is 1. The van der Waals surface area contributed by atoms with Gasteiger partial charge in [-0.3, -0.25) is 14.1 Å². The number of aliphatic carboxylic acids is 2. The molecule has 1 saturated heterocycles. The number of ether oxygens (including phenoxy) is 1. The Morgan fingerprint density at radius 2 is 1.94 bits per heavy atom. The second-order valence-electron chi connectivity index (χ2n) is 10.9. The molecule has 3 aromatic rings. The summed E-state index contributed by atoms with van der Waals surface area (Å²) in [6, 6.07) is 3.92. The quantitative estimate of drug-likeness (QED) is 0.0399. The number of amides is 2. The lowest BCUT2D eigenvalue weighted by Crippen LogP contribution is -2.76. The van der Waals surface area contributed by atoms with Gasteiger partial charge in [0, 0.05) is 5.38 Å². The fourth-order valence-electron chi connectivity index (χ4n) is 4.38. The summed E-state index contributed by atoms with van der Waals surface area (Å²) in [6.07, 6.45) is -4.19. The number of hydroxylamine groups is 2. The number of thiazole rings is 1. The Balaban J connectivity index is 0.000000908. The van der Waals surface area contributed by atoms with E-state index < -0.39 is 70.3 Å². The summed E-state index contributed by atoms with van der Waals surface area (Å²) in [4.78, 5) is 55.6. The van der Waals surface area contributed by atoms with Gasteiger partial charge in [-0.2, -0.15) is 31.3 Å². The van der Waals surface area contributed by atoms with Crippen LogP contribution >= 0.6 is 11.3 Å². The summed E-state index contributed by atoms with van der Waals surface area (Å²) in [6.45, 7) is 3.49. The lowest BCUT2D eigenvalue weighted by Gasteiger charge is -2.50. The van der Waals surface area contributed by atoms with Gasteiger partial charge in [0.1, 0.15) is 35.6 Å². The molecule has 0 unspecified atom stereocenters. The van der Waals surface area contributed by atoms with Crippen molar-refractivity contribution in [3.05, 3.63) is 35.5 Å². The second-order valence-corrected chi connectivity index (χ2v) is 12.8. The number of halogens is 3. The van der Waals surface area contributed by atoms with E-state index in [2.05, 4.69) is 19.7 Å². The van der Waals surface area contributed by atoms with Gasteiger partial charge in [0.2, 0.25) is 6.20 Å².